The van der Waals surface area contributed by atoms with Crippen molar-refractivity contribution in [3.63, 3.8) is 0 Å². The first-order valence-corrected chi connectivity index (χ1v) is 9.90. The molecule has 1 aromatic heterocycles. The van der Waals surface area contributed by atoms with Crippen LogP contribution in [0.15, 0.2) is 63.2 Å². The van der Waals surface area contributed by atoms with Crippen LogP contribution < -0.4 is 15.4 Å². The van der Waals surface area contributed by atoms with Crippen LogP contribution in [-0.4, -0.2) is 31.0 Å². The van der Waals surface area contributed by atoms with Gasteiger partial charge >= 0.3 is 0 Å². The highest BCUT2D eigenvalue weighted by atomic mass is 32.2. The van der Waals surface area contributed by atoms with Crippen LogP contribution in [0.5, 0.6) is 5.75 Å². The zero-order valence-corrected chi connectivity index (χ0v) is 16.4. The van der Waals surface area contributed by atoms with Crippen LogP contribution in [0.25, 0.3) is 5.69 Å². The molecule has 0 amide bonds. The Balaban J connectivity index is 1.98. The lowest BCUT2D eigenvalue weighted by Crippen LogP contribution is -2.19. The Hall–Kier alpha value is -3.17. The summed E-state index contributed by atoms with van der Waals surface area (Å²) in [5.74, 6) is 0.695. The van der Waals surface area contributed by atoms with Gasteiger partial charge in [-0.3, -0.25) is 14.9 Å². The normalized spacial score (nSPS) is 12.2. The fourth-order valence-electron chi connectivity index (χ4n) is 2.85. The molecular weight excluding hydrogens is 380 g/mol. The molecular formula is C19H20N4O4S. The van der Waals surface area contributed by atoms with Gasteiger partial charge in [0.15, 0.2) is 0 Å². The van der Waals surface area contributed by atoms with Crippen LogP contribution in [0.4, 0.5) is 5.69 Å². The number of nitrogens with two attached hydrogens (primary N) is 1. The lowest BCUT2D eigenvalue weighted by molar-refractivity contribution is 0.414. The van der Waals surface area contributed by atoms with Crippen LogP contribution in [0.3, 0.4) is 0 Å². The predicted molar refractivity (Wildman–Crippen MR) is 107 cm³/mol. The quantitative estimate of drug-likeness (QED) is 0.638. The van der Waals surface area contributed by atoms with Crippen molar-refractivity contribution in [3.8, 4) is 11.4 Å². The number of aryl methyl sites for hydroxylation is 1. The summed E-state index contributed by atoms with van der Waals surface area (Å²) < 4.78 is 29.3. The third kappa shape index (κ3) is 3.90. The van der Waals surface area contributed by atoms with Gasteiger partial charge < -0.3 is 4.74 Å². The van der Waals surface area contributed by atoms with Crippen LogP contribution in [0.2, 0.25) is 0 Å². The first-order chi connectivity index (χ1) is 13.2. The molecule has 0 radical (unpaired) electrons. The molecule has 3 N–H and O–H groups in total. The molecule has 1 heterocycles. The number of H-pyrrole nitrogens is 1. The molecule has 3 aromatic rings. The van der Waals surface area contributed by atoms with Gasteiger partial charge in [-0.1, -0.05) is 0 Å². The highest BCUT2D eigenvalue weighted by molar-refractivity contribution is 7.89. The molecule has 0 bridgehead atoms. The number of nitrogens with zero attached hydrogens (tertiary/aromatic N) is 2. The minimum Gasteiger partial charge on any atom is -0.497 e. The summed E-state index contributed by atoms with van der Waals surface area (Å²) >= 11 is 0. The van der Waals surface area contributed by atoms with Gasteiger partial charge in [-0.15, -0.1) is 0 Å². The van der Waals surface area contributed by atoms with Crippen molar-refractivity contribution < 1.29 is 13.2 Å². The number of aromatic nitrogens is 2. The van der Waals surface area contributed by atoms with Crippen LogP contribution in [-0.2, 0) is 10.0 Å². The Bertz CT molecular complexity index is 1190. The van der Waals surface area contributed by atoms with Crippen molar-refractivity contribution in [2.75, 3.05) is 7.11 Å². The SMILES string of the molecule is COc1ccc(-n2[nH]c(C)c(C(C)=Nc3ccc(S(N)(=O)=O)cc3)c2=O)cc1. The van der Waals surface area contributed by atoms with Crippen molar-refractivity contribution in [1.82, 2.24) is 9.78 Å². The molecule has 0 spiro atoms. The second-order valence-corrected chi connectivity index (χ2v) is 7.75. The van der Waals surface area contributed by atoms with E-state index in [4.69, 9.17) is 9.88 Å². The van der Waals surface area contributed by atoms with Crippen LogP contribution in [0, 0.1) is 6.92 Å². The molecule has 0 aliphatic carbocycles. The van der Waals surface area contributed by atoms with Gasteiger partial charge in [-0.05, 0) is 62.4 Å². The maximum Gasteiger partial charge on any atom is 0.280 e. The average Bonchev–Trinajstić information content (AvgIpc) is 2.96. The van der Waals surface area contributed by atoms with E-state index in [1.54, 1.807) is 45.2 Å². The van der Waals surface area contributed by atoms with E-state index in [2.05, 4.69) is 10.1 Å². The minimum absolute atomic E-state index is 0.00351. The van der Waals surface area contributed by atoms with Gasteiger partial charge in [0.1, 0.15) is 5.75 Å². The largest absolute Gasteiger partial charge is 0.497 e. The van der Waals surface area contributed by atoms with E-state index in [9.17, 15) is 13.2 Å². The molecule has 8 nitrogen and oxygen atoms in total. The van der Waals surface area contributed by atoms with E-state index in [1.807, 2.05) is 0 Å². The van der Waals surface area contributed by atoms with Gasteiger partial charge in [-0.25, -0.2) is 18.2 Å². The summed E-state index contributed by atoms with van der Waals surface area (Å²) in [6, 6.07) is 12.9. The molecule has 0 aliphatic heterocycles. The Morgan fingerprint density at radius 1 is 1.11 bits per heavy atom. The number of primary sulfonamides is 1. The van der Waals surface area contributed by atoms with Gasteiger partial charge in [0.25, 0.3) is 5.56 Å². The van der Waals surface area contributed by atoms with E-state index >= 15 is 0 Å². The van der Waals surface area contributed by atoms with Crippen molar-refractivity contribution in [3.05, 3.63) is 70.1 Å². The molecule has 0 unspecified atom stereocenters. The standard InChI is InChI=1S/C19H20N4O4S/c1-12(21-14-4-10-17(11-5-14)28(20,25)26)18-13(2)22-23(19(18)24)15-6-8-16(27-3)9-7-15/h4-11,22H,1-3H3,(H2,20,25,26). The molecule has 0 saturated carbocycles. The second kappa shape index (κ2) is 7.45. The minimum atomic E-state index is -3.76. The number of aliphatic imine (C=N–C) groups is 1. The zero-order valence-electron chi connectivity index (χ0n) is 15.6. The first-order valence-electron chi connectivity index (χ1n) is 8.35. The summed E-state index contributed by atoms with van der Waals surface area (Å²) in [5, 5.41) is 8.14. The molecule has 0 fully saturated rings. The molecule has 3 rings (SSSR count). The van der Waals surface area contributed by atoms with E-state index in [1.165, 1.54) is 28.9 Å². The topological polar surface area (TPSA) is 120 Å². The van der Waals surface area contributed by atoms with E-state index in [0.29, 0.717) is 34.1 Å². The molecule has 0 aliphatic rings. The molecule has 28 heavy (non-hydrogen) atoms. The van der Waals surface area contributed by atoms with Gasteiger partial charge in [0.2, 0.25) is 10.0 Å². The monoisotopic (exact) mass is 400 g/mol. The second-order valence-electron chi connectivity index (χ2n) is 6.19. The first kappa shape index (κ1) is 19.6. The molecule has 9 heteroatoms. The van der Waals surface area contributed by atoms with Gasteiger partial charge in [0.05, 0.1) is 34.7 Å². The summed E-state index contributed by atoms with van der Waals surface area (Å²) in [6.45, 7) is 3.52. The summed E-state index contributed by atoms with van der Waals surface area (Å²) in [5.41, 5.74) is 2.58. The van der Waals surface area contributed by atoms with Crippen molar-refractivity contribution in [1.29, 1.82) is 0 Å². The number of nitrogens with one attached hydrogen (secondary N) is 1. The predicted octanol–water partition coefficient (Wildman–Crippen LogP) is 2.27. The van der Waals surface area contributed by atoms with E-state index < -0.39 is 10.0 Å². The van der Waals surface area contributed by atoms with Gasteiger partial charge in [-0.2, -0.15) is 0 Å². The number of aromatic amines is 1. The van der Waals surface area contributed by atoms with Crippen molar-refractivity contribution in [2.24, 2.45) is 10.1 Å². The van der Waals surface area contributed by atoms with Crippen molar-refractivity contribution in [2.45, 2.75) is 18.7 Å². The van der Waals surface area contributed by atoms with Gasteiger partial charge in [0, 0.05) is 5.69 Å². The summed E-state index contributed by atoms with van der Waals surface area (Å²) in [4.78, 5) is 17.3. The maximum atomic E-state index is 12.9. The number of hydrogen-bond donors (Lipinski definition) is 2. The van der Waals surface area contributed by atoms with Crippen LogP contribution >= 0.6 is 0 Å². The molecule has 2 aromatic carbocycles. The third-order valence-corrected chi connectivity index (χ3v) is 5.16. The van der Waals surface area contributed by atoms with E-state index in [-0.39, 0.29) is 10.5 Å². The Kier molecular flexibility index (Phi) is 5.21. The Labute approximate surface area is 162 Å². The number of sulfonamides is 1. The number of benzene rings is 2. The number of rotatable bonds is 5. The number of methoxy groups -OCH3 is 1. The fraction of sp³-hybridized carbons (Fsp3) is 0.158. The smallest absolute Gasteiger partial charge is 0.280 e. The molecule has 0 saturated heterocycles. The fourth-order valence-corrected chi connectivity index (χ4v) is 3.36. The third-order valence-electron chi connectivity index (χ3n) is 4.23. The van der Waals surface area contributed by atoms with Crippen molar-refractivity contribution >= 4 is 21.4 Å². The lowest BCUT2D eigenvalue weighted by Gasteiger charge is -2.03. The maximum absolute atomic E-state index is 12.9. The Morgan fingerprint density at radius 3 is 2.25 bits per heavy atom. The summed E-state index contributed by atoms with van der Waals surface area (Å²) in [7, 11) is -2.19. The average molecular weight is 400 g/mol. The summed E-state index contributed by atoms with van der Waals surface area (Å²) in [6.07, 6.45) is 0. The van der Waals surface area contributed by atoms with E-state index in [0.717, 1.165) is 0 Å². The number of hydrogen-bond acceptors (Lipinski definition) is 5. The highest BCUT2D eigenvalue weighted by Crippen LogP contribution is 2.18. The lowest BCUT2D eigenvalue weighted by atomic mass is 10.1. The Morgan fingerprint density at radius 2 is 1.71 bits per heavy atom. The molecule has 146 valence electrons. The van der Waals surface area contributed by atoms with Crippen LogP contribution in [0.1, 0.15) is 18.2 Å². The highest BCUT2D eigenvalue weighted by Gasteiger charge is 2.15. The number of ether oxygens (including phenoxy) is 1. The zero-order chi connectivity index (χ0) is 20.5. The molecule has 0 atom stereocenters.